The second kappa shape index (κ2) is 8.01. The van der Waals surface area contributed by atoms with Crippen molar-refractivity contribution >= 4 is 49.6 Å². The van der Waals surface area contributed by atoms with Crippen molar-refractivity contribution in [1.29, 1.82) is 0 Å². The molecule has 33 heavy (non-hydrogen) atoms. The largest absolute Gasteiger partial charge is 0.381 e. The molecule has 1 fully saturated rings. The molecule has 0 aliphatic carbocycles. The summed E-state index contributed by atoms with van der Waals surface area (Å²) in [5, 5.41) is 12.2. The molecule has 1 saturated heterocycles. The number of amides is 1. The molecular weight excluding hydrogens is 430 g/mol. The molecule has 1 amide bonds. The summed E-state index contributed by atoms with van der Waals surface area (Å²) in [5.74, 6) is 0.00151. The number of fused-ring (bicyclic) bond motifs is 5. The zero-order chi connectivity index (χ0) is 22.5. The summed E-state index contributed by atoms with van der Waals surface area (Å²) in [6.07, 6.45) is 0. The normalized spacial score (nSPS) is 18.7. The van der Waals surface area contributed by atoms with Gasteiger partial charge in [-0.05, 0) is 55.8 Å². The summed E-state index contributed by atoms with van der Waals surface area (Å²) < 4.78 is 1.11. The molecule has 4 heterocycles. The van der Waals surface area contributed by atoms with Gasteiger partial charge in [0, 0.05) is 65.5 Å². The Kier molecular flexibility index (Phi) is 4.96. The van der Waals surface area contributed by atoms with Crippen molar-refractivity contribution < 1.29 is 4.79 Å². The predicted octanol–water partition coefficient (Wildman–Crippen LogP) is 4.38. The fourth-order valence-electron chi connectivity index (χ4n) is 4.93. The van der Waals surface area contributed by atoms with E-state index in [-0.39, 0.29) is 11.9 Å². The molecule has 168 valence electrons. The topological polar surface area (TPSA) is 69.3 Å². The summed E-state index contributed by atoms with van der Waals surface area (Å²) in [6, 6.07) is 15.2. The van der Waals surface area contributed by atoms with E-state index in [1.807, 2.05) is 6.92 Å². The lowest BCUT2D eigenvalue weighted by Gasteiger charge is -2.30. The molecule has 1 atom stereocenters. The molecule has 3 N–H and O–H groups in total. The van der Waals surface area contributed by atoms with Gasteiger partial charge in [0.15, 0.2) is 0 Å². The molecule has 0 unspecified atom stereocenters. The Hall–Kier alpha value is -3.16. The molecule has 0 bridgehead atoms. The van der Waals surface area contributed by atoms with Crippen LogP contribution in [0.1, 0.15) is 22.2 Å². The summed E-state index contributed by atoms with van der Waals surface area (Å²) in [6.45, 7) is 9.04. The van der Waals surface area contributed by atoms with E-state index in [2.05, 4.69) is 70.2 Å². The lowest BCUT2D eigenvalue weighted by Crippen LogP contribution is -2.43. The standard InChI is InChI=1S/C26H27N5OS/c1-15-13-17(31-11-9-27-10-12-31)3-4-18(15)20-6-5-19-21(30-20)7-8-22-23(19)24-25(33-22)26(32)29-16(2)14-28-24/h3-8,13,16,27-28H,9-12,14H2,1-2H3,(H,29,32)/t16-/m1/s1. The molecule has 2 aliphatic heterocycles. The monoisotopic (exact) mass is 457 g/mol. The number of nitrogens with zero attached hydrogens (tertiary/aromatic N) is 2. The number of carbonyl (C=O) groups excluding carboxylic acids is 1. The zero-order valence-electron chi connectivity index (χ0n) is 18.9. The van der Waals surface area contributed by atoms with Gasteiger partial charge in [-0.25, -0.2) is 4.98 Å². The SMILES string of the molecule is Cc1cc(N2CCNCC2)ccc1-c1ccc2c(ccc3sc4c(c32)NC[C@@H](C)NC4=O)n1. The molecule has 2 aromatic heterocycles. The molecule has 7 heteroatoms. The summed E-state index contributed by atoms with van der Waals surface area (Å²) in [4.78, 5) is 20.9. The number of benzene rings is 2. The Labute approximate surface area is 197 Å². The molecule has 6 rings (SSSR count). The van der Waals surface area contributed by atoms with E-state index in [0.717, 1.165) is 69.0 Å². The molecule has 4 aromatic rings. The number of aromatic nitrogens is 1. The minimum absolute atomic E-state index is 0.00151. The minimum Gasteiger partial charge on any atom is -0.381 e. The lowest BCUT2D eigenvalue weighted by molar-refractivity contribution is 0.0949. The maximum Gasteiger partial charge on any atom is 0.263 e. The average Bonchev–Trinajstić information content (AvgIpc) is 3.15. The number of nitrogens with one attached hydrogen (secondary N) is 3. The van der Waals surface area contributed by atoms with Crippen LogP contribution in [0.2, 0.25) is 0 Å². The highest BCUT2D eigenvalue weighted by Crippen LogP contribution is 2.41. The number of anilines is 2. The Morgan fingerprint density at radius 1 is 1.09 bits per heavy atom. The first-order chi connectivity index (χ1) is 16.1. The Balaban J connectivity index is 1.42. The van der Waals surface area contributed by atoms with Crippen molar-refractivity contribution in [3.63, 3.8) is 0 Å². The van der Waals surface area contributed by atoms with Crippen molar-refractivity contribution in [2.45, 2.75) is 19.9 Å². The van der Waals surface area contributed by atoms with E-state index < -0.39 is 0 Å². The van der Waals surface area contributed by atoms with Crippen LogP contribution in [0.25, 0.3) is 32.2 Å². The van der Waals surface area contributed by atoms with Gasteiger partial charge in [0.05, 0.1) is 16.9 Å². The van der Waals surface area contributed by atoms with Gasteiger partial charge >= 0.3 is 0 Å². The first kappa shape index (κ1) is 20.4. The third kappa shape index (κ3) is 3.52. The van der Waals surface area contributed by atoms with Crippen molar-refractivity contribution in [3.05, 3.63) is 52.9 Å². The van der Waals surface area contributed by atoms with E-state index in [9.17, 15) is 4.79 Å². The van der Waals surface area contributed by atoms with Crippen LogP contribution < -0.4 is 20.9 Å². The summed E-state index contributed by atoms with van der Waals surface area (Å²) >= 11 is 1.54. The third-order valence-corrected chi connectivity index (χ3v) is 7.81. The number of piperazine rings is 1. The third-order valence-electron chi connectivity index (χ3n) is 6.66. The van der Waals surface area contributed by atoms with Crippen LogP contribution >= 0.6 is 11.3 Å². The van der Waals surface area contributed by atoms with Crippen LogP contribution in [-0.4, -0.2) is 49.7 Å². The van der Waals surface area contributed by atoms with Crippen LogP contribution in [0.5, 0.6) is 0 Å². The number of pyridine rings is 1. The van der Waals surface area contributed by atoms with Crippen LogP contribution in [0.15, 0.2) is 42.5 Å². The zero-order valence-corrected chi connectivity index (χ0v) is 19.7. The Bertz CT molecular complexity index is 1390. The van der Waals surface area contributed by atoms with Crippen molar-refractivity contribution in [2.24, 2.45) is 0 Å². The van der Waals surface area contributed by atoms with Gasteiger partial charge < -0.3 is 20.9 Å². The molecule has 6 nitrogen and oxygen atoms in total. The molecular formula is C26H27N5OS. The first-order valence-corrected chi connectivity index (χ1v) is 12.4. The average molecular weight is 458 g/mol. The minimum atomic E-state index is 0.00151. The highest BCUT2D eigenvalue weighted by atomic mass is 32.1. The van der Waals surface area contributed by atoms with Crippen molar-refractivity contribution in [3.8, 4) is 11.3 Å². The number of carbonyl (C=O) groups is 1. The molecule has 0 saturated carbocycles. The quantitative estimate of drug-likeness (QED) is 0.417. The highest BCUT2D eigenvalue weighted by Gasteiger charge is 2.25. The number of thiophene rings is 1. The Morgan fingerprint density at radius 3 is 2.76 bits per heavy atom. The van der Waals surface area contributed by atoms with Gasteiger partial charge in [-0.2, -0.15) is 0 Å². The van der Waals surface area contributed by atoms with Gasteiger partial charge in [0.25, 0.3) is 5.91 Å². The maximum absolute atomic E-state index is 12.7. The number of hydrogen-bond donors (Lipinski definition) is 3. The van der Waals surface area contributed by atoms with Crippen LogP contribution in [0.4, 0.5) is 11.4 Å². The van der Waals surface area contributed by atoms with E-state index in [0.29, 0.717) is 6.54 Å². The smallest absolute Gasteiger partial charge is 0.263 e. The van der Waals surface area contributed by atoms with Gasteiger partial charge in [0.1, 0.15) is 4.88 Å². The van der Waals surface area contributed by atoms with Crippen LogP contribution in [0, 0.1) is 6.92 Å². The van der Waals surface area contributed by atoms with E-state index in [4.69, 9.17) is 4.98 Å². The number of hydrogen-bond acceptors (Lipinski definition) is 6. The van der Waals surface area contributed by atoms with Gasteiger partial charge in [-0.1, -0.05) is 6.07 Å². The molecule has 2 aromatic carbocycles. The van der Waals surface area contributed by atoms with Crippen LogP contribution in [0.3, 0.4) is 0 Å². The summed E-state index contributed by atoms with van der Waals surface area (Å²) in [7, 11) is 0. The second-order valence-electron chi connectivity index (χ2n) is 9.00. The van der Waals surface area contributed by atoms with Crippen molar-refractivity contribution in [2.75, 3.05) is 42.9 Å². The molecule has 2 aliphatic rings. The predicted molar refractivity (Wildman–Crippen MR) is 138 cm³/mol. The molecule has 0 spiro atoms. The fraction of sp³-hybridized carbons (Fsp3) is 0.308. The lowest BCUT2D eigenvalue weighted by atomic mass is 10.0. The van der Waals surface area contributed by atoms with Crippen LogP contribution in [-0.2, 0) is 0 Å². The molecule has 0 radical (unpaired) electrons. The van der Waals surface area contributed by atoms with E-state index >= 15 is 0 Å². The van der Waals surface area contributed by atoms with Gasteiger partial charge in [0.2, 0.25) is 0 Å². The Morgan fingerprint density at radius 2 is 1.94 bits per heavy atom. The summed E-state index contributed by atoms with van der Waals surface area (Å²) in [5.41, 5.74) is 6.54. The second-order valence-corrected chi connectivity index (χ2v) is 10.1. The van der Waals surface area contributed by atoms with Crippen molar-refractivity contribution in [1.82, 2.24) is 15.6 Å². The first-order valence-electron chi connectivity index (χ1n) is 11.6. The van der Waals surface area contributed by atoms with Gasteiger partial charge in [-0.3, -0.25) is 4.79 Å². The number of aryl methyl sites for hydroxylation is 1. The maximum atomic E-state index is 12.7. The fourth-order valence-corrected chi connectivity index (χ4v) is 6.03. The highest BCUT2D eigenvalue weighted by molar-refractivity contribution is 7.21. The van der Waals surface area contributed by atoms with E-state index in [1.165, 1.54) is 11.3 Å². The van der Waals surface area contributed by atoms with E-state index in [1.54, 1.807) is 11.3 Å². The van der Waals surface area contributed by atoms with Gasteiger partial charge in [-0.15, -0.1) is 11.3 Å². The number of rotatable bonds is 2.